The summed E-state index contributed by atoms with van der Waals surface area (Å²) in [5.41, 5.74) is 2.03. The van der Waals surface area contributed by atoms with Crippen molar-refractivity contribution in [2.45, 2.75) is 19.3 Å². The Balaban J connectivity index is 1.56. The largest absolute Gasteiger partial charge is 0.345 e. The summed E-state index contributed by atoms with van der Waals surface area (Å²) in [5, 5.41) is 6.75. The molecule has 0 spiro atoms. The number of aryl methyl sites for hydroxylation is 1. The van der Waals surface area contributed by atoms with E-state index in [2.05, 4.69) is 15.5 Å². The number of benzene rings is 2. The van der Waals surface area contributed by atoms with Crippen LogP contribution >= 0.6 is 0 Å². The van der Waals surface area contributed by atoms with E-state index in [1.54, 1.807) is 38.4 Å². The van der Waals surface area contributed by atoms with Crippen LogP contribution in [0.4, 0.5) is 5.69 Å². The maximum atomic E-state index is 12.3. The van der Waals surface area contributed by atoms with Gasteiger partial charge in [0, 0.05) is 33.4 Å². The van der Waals surface area contributed by atoms with Crippen molar-refractivity contribution >= 4 is 17.5 Å². The highest BCUT2D eigenvalue weighted by Gasteiger charge is 2.15. The van der Waals surface area contributed by atoms with E-state index in [9.17, 15) is 9.59 Å². The first-order valence-electron chi connectivity index (χ1n) is 8.99. The summed E-state index contributed by atoms with van der Waals surface area (Å²) in [6, 6.07) is 16.8. The molecule has 1 aromatic heterocycles. The Morgan fingerprint density at radius 3 is 2.50 bits per heavy atom. The molecule has 3 rings (SSSR count). The van der Waals surface area contributed by atoms with Gasteiger partial charge in [-0.3, -0.25) is 9.59 Å². The maximum Gasteiger partial charge on any atom is 0.255 e. The smallest absolute Gasteiger partial charge is 0.255 e. The van der Waals surface area contributed by atoms with Gasteiger partial charge in [-0.05, 0) is 17.7 Å². The normalized spacial score (nSPS) is 10.5. The second-order valence-electron chi connectivity index (χ2n) is 6.56. The molecule has 0 saturated carbocycles. The van der Waals surface area contributed by atoms with Crippen molar-refractivity contribution in [3.63, 3.8) is 0 Å². The first kappa shape index (κ1) is 19.3. The van der Waals surface area contributed by atoms with Gasteiger partial charge in [-0.15, -0.1) is 0 Å². The number of hydrogen-bond acceptors (Lipinski definition) is 5. The molecule has 2 amide bonds. The third-order valence-corrected chi connectivity index (χ3v) is 4.12. The van der Waals surface area contributed by atoms with E-state index in [4.69, 9.17) is 4.52 Å². The van der Waals surface area contributed by atoms with Crippen molar-refractivity contribution < 1.29 is 14.1 Å². The van der Waals surface area contributed by atoms with Gasteiger partial charge in [0.05, 0.1) is 11.3 Å². The average Bonchev–Trinajstić information content (AvgIpc) is 3.14. The molecule has 0 fully saturated rings. The molecule has 0 unspecified atom stereocenters. The van der Waals surface area contributed by atoms with E-state index in [1.807, 2.05) is 30.3 Å². The lowest BCUT2D eigenvalue weighted by atomic mass is 10.1. The van der Waals surface area contributed by atoms with Gasteiger partial charge in [0.1, 0.15) is 0 Å². The standard InChI is InChI=1S/C21H22N4O3/c1-25(2)21(27)16-10-6-7-11-17(16)22-19(26)12-13-20-23-18(24-28-20)14-15-8-4-3-5-9-15/h3-11H,12-14H2,1-2H3,(H,22,26). The van der Waals surface area contributed by atoms with Crippen molar-refractivity contribution in [3.8, 4) is 0 Å². The zero-order valence-corrected chi connectivity index (χ0v) is 15.9. The minimum atomic E-state index is -0.221. The Kier molecular flexibility index (Phi) is 6.16. The number of nitrogens with zero attached hydrogens (tertiary/aromatic N) is 3. The summed E-state index contributed by atoms with van der Waals surface area (Å²) in [6.07, 6.45) is 1.09. The molecule has 0 aliphatic carbocycles. The summed E-state index contributed by atoms with van der Waals surface area (Å²) in [6.45, 7) is 0. The molecule has 0 saturated heterocycles. The van der Waals surface area contributed by atoms with E-state index in [-0.39, 0.29) is 18.2 Å². The van der Waals surface area contributed by atoms with Crippen LogP contribution in [0.5, 0.6) is 0 Å². The third-order valence-electron chi connectivity index (χ3n) is 4.12. The van der Waals surface area contributed by atoms with E-state index in [0.29, 0.717) is 35.8 Å². The van der Waals surface area contributed by atoms with Gasteiger partial charge in [0.2, 0.25) is 11.8 Å². The molecule has 28 heavy (non-hydrogen) atoms. The van der Waals surface area contributed by atoms with Gasteiger partial charge in [0.15, 0.2) is 5.82 Å². The molecule has 0 bridgehead atoms. The summed E-state index contributed by atoms with van der Waals surface area (Å²) in [4.78, 5) is 30.3. The SMILES string of the molecule is CN(C)C(=O)c1ccccc1NC(=O)CCc1nc(Cc2ccccc2)no1. The molecular formula is C21H22N4O3. The van der Waals surface area contributed by atoms with Crippen LogP contribution in [-0.2, 0) is 17.6 Å². The minimum absolute atomic E-state index is 0.168. The molecule has 1 N–H and O–H groups in total. The van der Waals surface area contributed by atoms with Crippen LogP contribution in [0.15, 0.2) is 59.1 Å². The summed E-state index contributed by atoms with van der Waals surface area (Å²) >= 11 is 0. The number of para-hydroxylation sites is 1. The molecule has 1 heterocycles. The van der Waals surface area contributed by atoms with Crippen molar-refractivity contribution in [1.82, 2.24) is 15.0 Å². The lowest BCUT2D eigenvalue weighted by molar-refractivity contribution is -0.116. The second kappa shape index (κ2) is 8.94. The first-order chi connectivity index (χ1) is 13.5. The van der Waals surface area contributed by atoms with Gasteiger partial charge in [-0.1, -0.05) is 47.6 Å². The van der Waals surface area contributed by atoms with Crippen LogP contribution in [0.25, 0.3) is 0 Å². The number of hydrogen-bond donors (Lipinski definition) is 1. The van der Waals surface area contributed by atoms with Gasteiger partial charge in [-0.2, -0.15) is 4.98 Å². The molecule has 0 atom stereocenters. The highest BCUT2D eigenvalue weighted by atomic mass is 16.5. The molecule has 7 nitrogen and oxygen atoms in total. The fraction of sp³-hybridized carbons (Fsp3) is 0.238. The van der Waals surface area contributed by atoms with Crippen LogP contribution in [0, 0.1) is 0 Å². The van der Waals surface area contributed by atoms with E-state index in [0.717, 1.165) is 5.56 Å². The number of nitrogens with one attached hydrogen (secondary N) is 1. The number of amides is 2. The van der Waals surface area contributed by atoms with Gasteiger partial charge >= 0.3 is 0 Å². The van der Waals surface area contributed by atoms with E-state index >= 15 is 0 Å². The number of carbonyl (C=O) groups is 2. The first-order valence-corrected chi connectivity index (χ1v) is 8.99. The number of rotatable bonds is 7. The van der Waals surface area contributed by atoms with Gasteiger partial charge < -0.3 is 14.7 Å². The molecule has 0 aliphatic rings. The molecular weight excluding hydrogens is 356 g/mol. The topological polar surface area (TPSA) is 88.3 Å². The predicted octanol–water partition coefficient (Wildman–Crippen LogP) is 2.93. The molecule has 2 aromatic carbocycles. The summed E-state index contributed by atoms with van der Waals surface area (Å²) < 4.78 is 5.23. The average molecular weight is 378 g/mol. The van der Waals surface area contributed by atoms with Crippen molar-refractivity contribution in [2.24, 2.45) is 0 Å². The monoisotopic (exact) mass is 378 g/mol. The predicted molar refractivity (Wildman–Crippen MR) is 105 cm³/mol. The van der Waals surface area contributed by atoms with E-state index in [1.165, 1.54) is 4.90 Å². The molecule has 0 aliphatic heterocycles. The molecule has 144 valence electrons. The number of carbonyl (C=O) groups excluding carboxylic acids is 2. The zero-order valence-electron chi connectivity index (χ0n) is 15.9. The maximum absolute atomic E-state index is 12.3. The van der Waals surface area contributed by atoms with Crippen LogP contribution < -0.4 is 5.32 Å². The Morgan fingerprint density at radius 1 is 1.04 bits per heavy atom. The fourth-order valence-electron chi connectivity index (χ4n) is 2.69. The third kappa shape index (κ3) is 5.03. The Hall–Kier alpha value is -3.48. The summed E-state index contributed by atoms with van der Waals surface area (Å²) in [5.74, 6) is 0.613. The Morgan fingerprint density at radius 2 is 1.75 bits per heavy atom. The van der Waals surface area contributed by atoms with Gasteiger partial charge in [-0.25, -0.2) is 0 Å². The van der Waals surface area contributed by atoms with Crippen molar-refractivity contribution in [3.05, 3.63) is 77.4 Å². The highest BCUT2D eigenvalue weighted by Crippen LogP contribution is 2.17. The number of aromatic nitrogens is 2. The van der Waals surface area contributed by atoms with Crippen molar-refractivity contribution in [1.29, 1.82) is 0 Å². The Labute approximate surface area is 163 Å². The highest BCUT2D eigenvalue weighted by molar-refractivity contribution is 6.03. The number of anilines is 1. The molecule has 3 aromatic rings. The van der Waals surface area contributed by atoms with Gasteiger partial charge in [0.25, 0.3) is 5.91 Å². The Bertz CT molecular complexity index is 951. The van der Waals surface area contributed by atoms with Crippen LogP contribution in [0.2, 0.25) is 0 Å². The lowest BCUT2D eigenvalue weighted by Crippen LogP contribution is -2.24. The summed E-state index contributed by atoms with van der Waals surface area (Å²) in [7, 11) is 3.34. The van der Waals surface area contributed by atoms with Crippen LogP contribution in [0.3, 0.4) is 0 Å². The van der Waals surface area contributed by atoms with E-state index < -0.39 is 0 Å². The zero-order chi connectivity index (χ0) is 19.9. The minimum Gasteiger partial charge on any atom is -0.345 e. The second-order valence-corrected chi connectivity index (χ2v) is 6.56. The quantitative estimate of drug-likeness (QED) is 0.683. The lowest BCUT2D eigenvalue weighted by Gasteiger charge is -2.14. The molecule has 7 heteroatoms. The molecule has 0 radical (unpaired) electrons. The van der Waals surface area contributed by atoms with Crippen LogP contribution in [-0.4, -0.2) is 41.0 Å². The van der Waals surface area contributed by atoms with Crippen LogP contribution in [0.1, 0.15) is 34.1 Å². The fourth-order valence-corrected chi connectivity index (χ4v) is 2.69. The van der Waals surface area contributed by atoms with Crippen molar-refractivity contribution in [2.75, 3.05) is 19.4 Å².